The fourth-order valence-corrected chi connectivity index (χ4v) is 1.57. The average Bonchev–Trinajstić information content (AvgIpc) is 2.46. The summed E-state index contributed by atoms with van der Waals surface area (Å²) < 4.78 is 11.4. The predicted molar refractivity (Wildman–Crippen MR) is 76.9 cm³/mol. The summed E-state index contributed by atoms with van der Waals surface area (Å²) in [6, 6.07) is 7.68. The number of rotatable bonds is 9. The molecule has 0 saturated heterocycles. The highest BCUT2D eigenvalue weighted by molar-refractivity contribution is 5.39. The molecular weight excluding hydrogens is 242 g/mol. The maximum absolute atomic E-state index is 9.31. The Kier molecular flexibility index (Phi) is 6.67. The molecule has 0 saturated carbocycles. The third-order valence-corrected chi connectivity index (χ3v) is 3.17. The van der Waals surface area contributed by atoms with Crippen LogP contribution in [0.4, 0.5) is 0 Å². The first-order valence-corrected chi connectivity index (χ1v) is 6.79. The lowest BCUT2D eigenvalue weighted by Gasteiger charge is -2.26. The Morgan fingerprint density at radius 2 is 1.74 bits per heavy atom. The van der Waals surface area contributed by atoms with Crippen molar-refractivity contribution in [1.29, 1.82) is 0 Å². The molecule has 0 aliphatic rings. The molecule has 0 fully saturated rings. The van der Waals surface area contributed by atoms with Gasteiger partial charge in [0.15, 0.2) is 11.5 Å². The van der Waals surface area contributed by atoms with Crippen LogP contribution in [-0.4, -0.2) is 37.5 Å². The Hall–Kier alpha value is -1.26. The van der Waals surface area contributed by atoms with Crippen LogP contribution >= 0.6 is 0 Å². The largest absolute Gasteiger partial charge is 0.490 e. The maximum Gasteiger partial charge on any atom is 0.161 e. The van der Waals surface area contributed by atoms with Crippen LogP contribution in [-0.2, 0) is 0 Å². The molecule has 0 radical (unpaired) electrons. The van der Waals surface area contributed by atoms with E-state index in [9.17, 15) is 5.11 Å². The fourth-order valence-electron chi connectivity index (χ4n) is 1.57. The molecule has 2 N–H and O–H groups in total. The van der Waals surface area contributed by atoms with Crippen molar-refractivity contribution in [2.45, 2.75) is 32.2 Å². The van der Waals surface area contributed by atoms with Crippen molar-refractivity contribution in [1.82, 2.24) is 5.32 Å². The molecule has 0 heterocycles. The molecule has 0 aliphatic carbocycles. The molecule has 1 aromatic carbocycles. The highest BCUT2D eigenvalue weighted by Gasteiger charge is 2.20. The molecule has 1 unspecified atom stereocenters. The van der Waals surface area contributed by atoms with Gasteiger partial charge in [0.2, 0.25) is 0 Å². The van der Waals surface area contributed by atoms with Crippen molar-refractivity contribution in [2.75, 3.05) is 26.9 Å². The van der Waals surface area contributed by atoms with E-state index in [4.69, 9.17) is 9.47 Å². The van der Waals surface area contributed by atoms with Crippen LogP contribution in [0, 0.1) is 0 Å². The number of hydrogen-bond donors (Lipinski definition) is 2. The van der Waals surface area contributed by atoms with Crippen LogP contribution in [0.1, 0.15) is 26.7 Å². The normalized spacial score (nSPS) is 13.9. The van der Waals surface area contributed by atoms with Gasteiger partial charge in [-0.05, 0) is 32.5 Å². The second kappa shape index (κ2) is 8.02. The van der Waals surface area contributed by atoms with Gasteiger partial charge in [0.05, 0.1) is 19.8 Å². The Balaban J connectivity index is 2.53. The average molecular weight is 267 g/mol. The summed E-state index contributed by atoms with van der Waals surface area (Å²) >= 11 is 0. The van der Waals surface area contributed by atoms with E-state index in [0.29, 0.717) is 13.2 Å². The lowest BCUT2D eigenvalue weighted by Crippen LogP contribution is -2.44. The van der Waals surface area contributed by atoms with Crippen molar-refractivity contribution in [2.24, 2.45) is 0 Å². The van der Waals surface area contributed by atoms with Gasteiger partial charge in [-0.25, -0.2) is 0 Å². The molecule has 0 aromatic heterocycles. The van der Waals surface area contributed by atoms with Gasteiger partial charge in [0.1, 0.15) is 0 Å². The highest BCUT2D eigenvalue weighted by atomic mass is 16.5. The number of aliphatic hydroxyl groups is 1. The molecule has 1 rings (SSSR count). The van der Waals surface area contributed by atoms with E-state index in [1.165, 1.54) is 0 Å². The number of nitrogens with one attached hydrogen (secondary N) is 1. The van der Waals surface area contributed by atoms with Gasteiger partial charge in [-0.3, -0.25) is 0 Å². The Morgan fingerprint density at radius 1 is 1.16 bits per heavy atom. The second-order valence-electron chi connectivity index (χ2n) is 4.86. The molecule has 0 aliphatic heterocycles. The Labute approximate surface area is 115 Å². The molecular formula is C15H25NO3. The zero-order chi connectivity index (χ0) is 14.1. The van der Waals surface area contributed by atoms with Gasteiger partial charge in [0, 0.05) is 12.0 Å². The number of para-hydroxylation sites is 2. The van der Waals surface area contributed by atoms with E-state index in [2.05, 4.69) is 12.2 Å². The van der Waals surface area contributed by atoms with Crippen molar-refractivity contribution < 1.29 is 14.6 Å². The van der Waals surface area contributed by atoms with E-state index in [1.54, 1.807) is 0 Å². The lowest BCUT2D eigenvalue weighted by atomic mass is 10.0. The van der Waals surface area contributed by atoms with E-state index in [-0.39, 0.29) is 12.1 Å². The topological polar surface area (TPSA) is 50.7 Å². The van der Waals surface area contributed by atoms with Gasteiger partial charge >= 0.3 is 0 Å². The van der Waals surface area contributed by atoms with Crippen molar-refractivity contribution >= 4 is 0 Å². The maximum atomic E-state index is 9.31. The summed E-state index contributed by atoms with van der Waals surface area (Å²) in [5.74, 6) is 1.53. The quantitative estimate of drug-likeness (QED) is 0.720. The number of ether oxygens (including phenoxy) is 2. The van der Waals surface area contributed by atoms with E-state index < -0.39 is 0 Å². The van der Waals surface area contributed by atoms with Crippen molar-refractivity contribution in [3.05, 3.63) is 24.3 Å². The first kappa shape index (κ1) is 15.8. The van der Waals surface area contributed by atoms with Gasteiger partial charge in [-0.1, -0.05) is 19.1 Å². The third-order valence-electron chi connectivity index (χ3n) is 3.17. The standard InChI is InChI=1S/C15H25NO3/c1-4-10-18-13-7-5-6-8-14(13)19-11-9-15(2,12-17)16-3/h5-8,16-17H,4,9-12H2,1-3H3. The SMILES string of the molecule is CCCOc1ccccc1OCCC(C)(CO)NC. The second-order valence-corrected chi connectivity index (χ2v) is 4.86. The molecule has 1 aromatic rings. The van der Waals surface area contributed by atoms with Gasteiger partial charge in [-0.15, -0.1) is 0 Å². The van der Waals surface area contributed by atoms with Crippen LogP contribution in [0.3, 0.4) is 0 Å². The monoisotopic (exact) mass is 267 g/mol. The van der Waals surface area contributed by atoms with Crippen molar-refractivity contribution in [3.8, 4) is 11.5 Å². The number of likely N-dealkylation sites (N-methyl/N-ethyl adjacent to an activating group) is 1. The number of hydrogen-bond acceptors (Lipinski definition) is 4. The predicted octanol–water partition coefficient (Wildman–Crippen LogP) is 2.21. The van der Waals surface area contributed by atoms with Crippen LogP contribution < -0.4 is 14.8 Å². The van der Waals surface area contributed by atoms with Gasteiger partial charge < -0.3 is 19.9 Å². The number of benzene rings is 1. The minimum atomic E-state index is -0.306. The summed E-state index contributed by atoms with van der Waals surface area (Å²) in [6.45, 7) is 5.34. The molecule has 1 atom stereocenters. The first-order chi connectivity index (χ1) is 9.15. The van der Waals surface area contributed by atoms with Gasteiger partial charge in [0.25, 0.3) is 0 Å². The van der Waals surface area contributed by atoms with E-state index >= 15 is 0 Å². The molecule has 0 bridgehead atoms. The summed E-state index contributed by atoms with van der Waals surface area (Å²) in [7, 11) is 1.84. The smallest absolute Gasteiger partial charge is 0.161 e. The molecule has 0 spiro atoms. The van der Waals surface area contributed by atoms with Crippen LogP contribution in [0.15, 0.2) is 24.3 Å². The summed E-state index contributed by atoms with van der Waals surface area (Å²) in [4.78, 5) is 0. The zero-order valence-electron chi connectivity index (χ0n) is 12.1. The van der Waals surface area contributed by atoms with Crippen LogP contribution in [0.25, 0.3) is 0 Å². The Bertz CT molecular complexity index is 364. The summed E-state index contributed by atoms with van der Waals surface area (Å²) in [5, 5.41) is 12.4. The third kappa shape index (κ3) is 5.09. The fraction of sp³-hybridized carbons (Fsp3) is 0.600. The molecule has 19 heavy (non-hydrogen) atoms. The van der Waals surface area contributed by atoms with E-state index in [0.717, 1.165) is 24.3 Å². The van der Waals surface area contributed by atoms with Crippen LogP contribution in [0.2, 0.25) is 0 Å². The molecule has 108 valence electrons. The van der Waals surface area contributed by atoms with Crippen LogP contribution in [0.5, 0.6) is 11.5 Å². The zero-order valence-corrected chi connectivity index (χ0v) is 12.1. The van der Waals surface area contributed by atoms with Crippen molar-refractivity contribution in [3.63, 3.8) is 0 Å². The van der Waals surface area contributed by atoms with Gasteiger partial charge in [-0.2, -0.15) is 0 Å². The summed E-state index contributed by atoms with van der Waals surface area (Å²) in [6.07, 6.45) is 1.69. The Morgan fingerprint density at radius 3 is 2.21 bits per heavy atom. The molecule has 0 amide bonds. The van der Waals surface area contributed by atoms with E-state index in [1.807, 2.05) is 38.2 Å². The summed E-state index contributed by atoms with van der Waals surface area (Å²) in [5.41, 5.74) is -0.306. The molecule has 4 heteroatoms. The number of aliphatic hydroxyl groups excluding tert-OH is 1. The molecule has 4 nitrogen and oxygen atoms in total. The first-order valence-electron chi connectivity index (χ1n) is 6.79. The highest BCUT2D eigenvalue weighted by Crippen LogP contribution is 2.27. The minimum absolute atomic E-state index is 0.0842. The lowest BCUT2D eigenvalue weighted by molar-refractivity contribution is 0.149. The minimum Gasteiger partial charge on any atom is -0.490 e.